The Morgan fingerprint density at radius 2 is 2.06 bits per heavy atom. The molecule has 0 aliphatic carbocycles. The number of aliphatic imine (C=N–C) groups is 1. The average molecular weight is 252 g/mol. The van der Waals surface area contributed by atoms with Crippen molar-refractivity contribution >= 4 is 17.6 Å². The zero-order valence-corrected chi connectivity index (χ0v) is 11.0. The Morgan fingerprint density at radius 1 is 1.35 bits per heavy atom. The number of rotatable bonds is 2. The fraction of sp³-hybridized carbons (Fsp3) is 0.462. The fourth-order valence-corrected chi connectivity index (χ4v) is 1.76. The van der Waals surface area contributed by atoms with E-state index < -0.39 is 0 Å². The van der Waals surface area contributed by atoms with Crippen molar-refractivity contribution in [1.82, 2.24) is 10.6 Å². The highest BCUT2D eigenvalue weighted by atomic mass is 35.5. The van der Waals surface area contributed by atoms with Crippen LogP contribution in [0, 0.1) is 5.41 Å². The van der Waals surface area contributed by atoms with Crippen LogP contribution < -0.4 is 10.6 Å². The molecule has 0 amide bonds. The van der Waals surface area contributed by atoms with Crippen molar-refractivity contribution in [2.75, 3.05) is 13.1 Å². The van der Waals surface area contributed by atoms with Crippen molar-refractivity contribution in [1.29, 1.82) is 0 Å². The molecule has 4 heteroatoms. The molecule has 1 aromatic rings. The Balaban J connectivity index is 1.87. The van der Waals surface area contributed by atoms with Crippen molar-refractivity contribution in [2.24, 2.45) is 10.4 Å². The molecule has 1 aliphatic heterocycles. The minimum Gasteiger partial charge on any atom is -0.356 e. The van der Waals surface area contributed by atoms with Crippen LogP contribution >= 0.6 is 11.6 Å². The zero-order valence-electron chi connectivity index (χ0n) is 10.3. The second-order valence-electron chi connectivity index (χ2n) is 5.16. The molecular formula is C13H18ClN3. The predicted octanol–water partition coefficient (Wildman–Crippen LogP) is 2.42. The van der Waals surface area contributed by atoms with Gasteiger partial charge in [0.05, 0.1) is 0 Å². The molecule has 92 valence electrons. The lowest BCUT2D eigenvalue weighted by atomic mass is 9.93. The highest BCUT2D eigenvalue weighted by molar-refractivity contribution is 6.30. The first-order valence-corrected chi connectivity index (χ1v) is 6.20. The number of guanidine groups is 1. The molecule has 3 nitrogen and oxygen atoms in total. The molecular weight excluding hydrogens is 234 g/mol. The quantitative estimate of drug-likeness (QED) is 0.847. The summed E-state index contributed by atoms with van der Waals surface area (Å²) in [7, 11) is 0. The highest BCUT2D eigenvalue weighted by Gasteiger charge is 2.21. The summed E-state index contributed by atoms with van der Waals surface area (Å²) < 4.78 is 0. The van der Waals surface area contributed by atoms with E-state index in [0.29, 0.717) is 0 Å². The molecule has 1 heterocycles. The second kappa shape index (κ2) is 4.96. The maximum absolute atomic E-state index is 5.84. The summed E-state index contributed by atoms with van der Waals surface area (Å²) >= 11 is 5.84. The number of benzene rings is 1. The first-order chi connectivity index (χ1) is 8.05. The first kappa shape index (κ1) is 12.2. The third-order valence-corrected chi connectivity index (χ3v) is 3.02. The number of halogens is 1. The Morgan fingerprint density at radius 3 is 2.65 bits per heavy atom. The van der Waals surface area contributed by atoms with Crippen molar-refractivity contribution in [3.05, 3.63) is 34.9 Å². The maximum Gasteiger partial charge on any atom is 0.191 e. The van der Waals surface area contributed by atoms with Gasteiger partial charge in [-0.25, -0.2) is 0 Å². The third-order valence-electron chi connectivity index (χ3n) is 2.77. The van der Waals surface area contributed by atoms with Crippen LogP contribution in [-0.4, -0.2) is 19.0 Å². The monoisotopic (exact) mass is 251 g/mol. The van der Waals surface area contributed by atoms with Crippen LogP contribution in [0.1, 0.15) is 19.4 Å². The van der Waals surface area contributed by atoms with Crippen LogP contribution in [0.15, 0.2) is 29.3 Å². The van der Waals surface area contributed by atoms with E-state index in [1.807, 2.05) is 24.3 Å². The van der Waals surface area contributed by atoms with Gasteiger partial charge in [0.1, 0.15) is 0 Å². The van der Waals surface area contributed by atoms with E-state index in [4.69, 9.17) is 11.6 Å². The largest absolute Gasteiger partial charge is 0.356 e. The zero-order chi connectivity index (χ0) is 12.3. The van der Waals surface area contributed by atoms with Crippen LogP contribution in [0.3, 0.4) is 0 Å². The van der Waals surface area contributed by atoms with E-state index in [9.17, 15) is 0 Å². The van der Waals surface area contributed by atoms with E-state index in [-0.39, 0.29) is 5.41 Å². The molecule has 0 spiro atoms. The minimum absolute atomic E-state index is 0.255. The Labute approximate surface area is 107 Å². The summed E-state index contributed by atoms with van der Waals surface area (Å²) in [6.07, 6.45) is 0. The van der Waals surface area contributed by atoms with Gasteiger partial charge in [-0.15, -0.1) is 0 Å². The van der Waals surface area contributed by atoms with Gasteiger partial charge in [-0.05, 0) is 17.7 Å². The van der Waals surface area contributed by atoms with E-state index in [1.54, 1.807) is 0 Å². The summed E-state index contributed by atoms with van der Waals surface area (Å²) in [4.78, 5) is 4.48. The molecule has 17 heavy (non-hydrogen) atoms. The maximum atomic E-state index is 5.84. The van der Waals surface area contributed by atoms with Gasteiger partial charge in [0, 0.05) is 30.1 Å². The van der Waals surface area contributed by atoms with Crippen molar-refractivity contribution < 1.29 is 0 Å². The molecule has 2 N–H and O–H groups in total. The summed E-state index contributed by atoms with van der Waals surface area (Å²) in [6, 6.07) is 7.83. The lowest BCUT2D eigenvalue weighted by molar-refractivity contribution is 0.358. The van der Waals surface area contributed by atoms with Crippen LogP contribution in [0.5, 0.6) is 0 Å². The van der Waals surface area contributed by atoms with Crippen molar-refractivity contribution in [3.8, 4) is 0 Å². The van der Waals surface area contributed by atoms with Crippen LogP contribution in [-0.2, 0) is 6.54 Å². The Kier molecular flexibility index (Phi) is 3.57. The standard InChI is InChI=1S/C13H18ClN3/c1-13(2)8-16-12(17-9-13)15-7-10-3-5-11(14)6-4-10/h3-6H,7-9H2,1-2H3,(H2,15,16,17). The molecule has 1 aliphatic rings. The van der Waals surface area contributed by atoms with Crippen molar-refractivity contribution in [3.63, 3.8) is 0 Å². The molecule has 0 bridgehead atoms. The third kappa shape index (κ3) is 3.63. The summed E-state index contributed by atoms with van der Waals surface area (Å²) in [5.74, 6) is 0.888. The van der Waals surface area contributed by atoms with Crippen LogP contribution in [0.25, 0.3) is 0 Å². The molecule has 0 atom stereocenters. The molecule has 0 radical (unpaired) electrons. The summed E-state index contributed by atoms with van der Waals surface area (Å²) in [5, 5.41) is 7.36. The minimum atomic E-state index is 0.255. The number of nitrogens with one attached hydrogen (secondary N) is 2. The Hall–Kier alpha value is -1.22. The number of nitrogens with zero attached hydrogens (tertiary/aromatic N) is 1. The van der Waals surface area contributed by atoms with Crippen LogP contribution in [0.4, 0.5) is 0 Å². The first-order valence-electron chi connectivity index (χ1n) is 5.82. The lowest BCUT2D eigenvalue weighted by Gasteiger charge is -2.29. The van der Waals surface area contributed by atoms with Crippen LogP contribution in [0.2, 0.25) is 5.02 Å². The summed E-state index contributed by atoms with van der Waals surface area (Å²) in [5.41, 5.74) is 1.45. The van der Waals surface area contributed by atoms with Gasteiger partial charge in [-0.3, -0.25) is 4.99 Å². The molecule has 0 unspecified atom stereocenters. The van der Waals surface area contributed by atoms with Crippen molar-refractivity contribution in [2.45, 2.75) is 20.4 Å². The fourth-order valence-electron chi connectivity index (χ4n) is 1.63. The van der Waals surface area contributed by atoms with Gasteiger partial charge in [-0.1, -0.05) is 37.6 Å². The molecule has 1 aromatic carbocycles. The lowest BCUT2D eigenvalue weighted by Crippen LogP contribution is -2.47. The molecule has 0 saturated carbocycles. The molecule has 0 aromatic heterocycles. The normalized spacial score (nSPS) is 18.2. The molecule has 2 rings (SSSR count). The number of hydrogen-bond donors (Lipinski definition) is 2. The second-order valence-corrected chi connectivity index (χ2v) is 5.60. The van der Waals surface area contributed by atoms with E-state index >= 15 is 0 Å². The van der Waals surface area contributed by atoms with E-state index in [2.05, 4.69) is 29.5 Å². The Bertz CT molecular complexity index is 409. The van der Waals surface area contributed by atoms with E-state index in [0.717, 1.165) is 30.6 Å². The van der Waals surface area contributed by atoms with E-state index in [1.165, 1.54) is 5.56 Å². The van der Waals surface area contributed by atoms with Gasteiger partial charge in [-0.2, -0.15) is 0 Å². The predicted molar refractivity (Wildman–Crippen MR) is 72.4 cm³/mol. The van der Waals surface area contributed by atoms with Gasteiger partial charge in [0.15, 0.2) is 5.96 Å². The van der Waals surface area contributed by atoms with Gasteiger partial charge in [0.2, 0.25) is 0 Å². The highest BCUT2D eigenvalue weighted by Crippen LogP contribution is 2.16. The summed E-state index contributed by atoms with van der Waals surface area (Å²) in [6.45, 7) is 7.00. The SMILES string of the molecule is CC1(C)CN=C(NCc2ccc(Cl)cc2)NC1. The molecule has 0 saturated heterocycles. The topological polar surface area (TPSA) is 36.4 Å². The average Bonchev–Trinajstić information content (AvgIpc) is 2.30. The number of hydrogen-bond acceptors (Lipinski definition) is 3. The smallest absolute Gasteiger partial charge is 0.191 e. The van der Waals surface area contributed by atoms with Gasteiger partial charge < -0.3 is 10.6 Å². The molecule has 0 fully saturated rings. The van der Waals surface area contributed by atoms with Gasteiger partial charge in [0.25, 0.3) is 0 Å². The van der Waals surface area contributed by atoms with Gasteiger partial charge >= 0.3 is 0 Å².